The molecule has 118 valence electrons. The molecular formula is C15H11ClFN3O3. The number of non-ortho nitro benzene ring substituents is 1. The van der Waals surface area contributed by atoms with Gasteiger partial charge in [0.2, 0.25) is 5.91 Å². The van der Waals surface area contributed by atoms with Crippen molar-refractivity contribution in [3.63, 3.8) is 0 Å². The first kappa shape index (κ1) is 16.6. The number of rotatable bonds is 5. The summed E-state index contributed by atoms with van der Waals surface area (Å²) in [7, 11) is 0. The first-order valence-electron chi connectivity index (χ1n) is 6.46. The van der Waals surface area contributed by atoms with Crippen molar-refractivity contribution in [3.05, 3.63) is 74.5 Å². The van der Waals surface area contributed by atoms with Crippen LogP contribution < -0.4 is 5.43 Å². The van der Waals surface area contributed by atoms with Crippen molar-refractivity contribution in [1.29, 1.82) is 0 Å². The maximum atomic E-state index is 13.5. The van der Waals surface area contributed by atoms with Gasteiger partial charge >= 0.3 is 0 Å². The van der Waals surface area contributed by atoms with Gasteiger partial charge in [-0.05, 0) is 17.7 Å². The smallest absolute Gasteiger partial charge is 0.269 e. The Balaban J connectivity index is 1.95. The molecule has 0 fully saturated rings. The number of nitro benzene ring substituents is 1. The number of amides is 1. The zero-order valence-corrected chi connectivity index (χ0v) is 12.5. The van der Waals surface area contributed by atoms with Gasteiger partial charge in [0.25, 0.3) is 5.69 Å². The van der Waals surface area contributed by atoms with Gasteiger partial charge in [-0.3, -0.25) is 14.9 Å². The first-order chi connectivity index (χ1) is 11.0. The fourth-order valence-electron chi connectivity index (χ4n) is 1.76. The van der Waals surface area contributed by atoms with Crippen LogP contribution in [0.25, 0.3) is 0 Å². The van der Waals surface area contributed by atoms with E-state index in [0.29, 0.717) is 5.56 Å². The molecule has 0 atom stereocenters. The number of hydrogen-bond donors (Lipinski definition) is 1. The molecule has 0 radical (unpaired) electrons. The molecule has 0 saturated carbocycles. The Kier molecular flexibility index (Phi) is 5.37. The Labute approximate surface area is 135 Å². The number of nitrogens with zero attached hydrogens (tertiary/aromatic N) is 2. The third-order valence-corrected chi connectivity index (χ3v) is 3.22. The normalized spacial score (nSPS) is 10.7. The van der Waals surface area contributed by atoms with Gasteiger partial charge in [-0.2, -0.15) is 5.10 Å². The number of halogens is 2. The van der Waals surface area contributed by atoms with Gasteiger partial charge in [0.1, 0.15) is 5.82 Å². The van der Waals surface area contributed by atoms with Gasteiger partial charge in [-0.25, -0.2) is 9.82 Å². The average Bonchev–Trinajstić information content (AvgIpc) is 2.51. The van der Waals surface area contributed by atoms with Crippen LogP contribution in [0, 0.1) is 15.9 Å². The van der Waals surface area contributed by atoms with Crippen molar-refractivity contribution >= 4 is 29.4 Å². The van der Waals surface area contributed by atoms with Crippen LogP contribution in [0.5, 0.6) is 0 Å². The predicted molar refractivity (Wildman–Crippen MR) is 83.9 cm³/mol. The number of carbonyl (C=O) groups is 1. The quantitative estimate of drug-likeness (QED) is 0.517. The molecular weight excluding hydrogens is 325 g/mol. The molecule has 2 aromatic rings. The number of nitro groups is 1. The number of hydrazone groups is 1. The third kappa shape index (κ3) is 4.58. The highest BCUT2D eigenvalue weighted by molar-refractivity contribution is 6.33. The summed E-state index contributed by atoms with van der Waals surface area (Å²) >= 11 is 5.82. The molecule has 1 amide bonds. The molecule has 0 unspecified atom stereocenters. The van der Waals surface area contributed by atoms with Gasteiger partial charge in [0, 0.05) is 17.7 Å². The van der Waals surface area contributed by atoms with E-state index in [1.165, 1.54) is 42.5 Å². The molecule has 1 N–H and O–H groups in total. The SMILES string of the molecule is O=C(Cc1ccc([N+](=O)[O-])cc1)NN=Cc1c(F)cccc1Cl. The Hall–Kier alpha value is -2.80. The Morgan fingerprint density at radius 2 is 2.00 bits per heavy atom. The van der Waals surface area contributed by atoms with Crippen molar-refractivity contribution in [2.75, 3.05) is 0 Å². The van der Waals surface area contributed by atoms with Gasteiger partial charge < -0.3 is 0 Å². The van der Waals surface area contributed by atoms with Crippen LogP contribution in [0.15, 0.2) is 47.6 Å². The fourth-order valence-corrected chi connectivity index (χ4v) is 1.98. The molecule has 0 heterocycles. The van der Waals surface area contributed by atoms with Crippen molar-refractivity contribution in [2.45, 2.75) is 6.42 Å². The molecule has 0 spiro atoms. The molecule has 0 aliphatic rings. The van der Waals surface area contributed by atoms with E-state index in [0.717, 1.165) is 6.21 Å². The van der Waals surface area contributed by atoms with Crippen LogP contribution in [-0.2, 0) is 11.2 Å². The Bertz CT molecular complexity index is 743. The van der Waals surface area contributed by atoms with Crippen LogP contribution in [0.3, 0.4) is 0 Å². The van der Waals surface area contributed by atoms with E-state index in [9.17, 15) is 19.3 Å². The van der Waals surface area contributed by atoms with Crippen molar-refractivity contribution in [2.24, 2.45) is 5.10 Å². The molecule has 2 rings (SSSR count). The molecule has 0 saturated heterocycles. The van der Waals surface area contributed by atoms with Crippen LogP contribution in [0.4, 0.5) is 10.1 Å². The zero-order chi connectivity index (χ0) is 16.8. The summed E-state index contributed by atoms with van der Waals surface area (Å²) in [6.07, 6.45) is 1.10. The van der Waals surface area contributed by atoms with Gasteiger partial charge in [0.05, 0.1) is 22.6 Å². The summed E-state index contributed by atoms with van der Waals surface area (Å²) in [5.74, 6) is -0.992. The minimum absolute atomic E-state index is 0.0136. The summed E-state index contributed by atoms with van der Waals surface area (Å²) in [6, 6.07) is 9.78. The minimum atomic E-state index is -0.550. The highest BCUT2D eigenvalue weighted by Gasteiger charge is 2.07. The molecule has 8 heteroatoms. The summed E-state index contributed by atoms with van der Waals surface area (Å²) in [4.78, 5) is 21.7. The van der Waals surface area contributed by atoms with E-state index in [-0.39, 0.29) is 22.7 Å². The molecule has 0 aliphatic heterocycles. The van der Waals surface area contributed by atoms with E-state index in [1.807, 2.05) is 0 Å². The van der Waals surface area contributed by atoms with Gasteiger partial charge in [0.15, 0.2) is 0 Å². The van der Waals surface area contributed by atoms with Gasteiger partial charge in [-0.1, -0.05) is 29.8 Å². The number of nitrogens with one attached hydrogen (secondary N) is 1. The summed E-state index contributed by atoms with van der Waals surface area (Å²) < 4.78 is 13.5. The summed E-state index contributed by atoms with van der Waals surface area (Å²) in [5, 5.41) is 14.4. The second-order valence-electron chi connectivity index (χ2n) is 4.53. The maximum Gasteiger partial charge on any atom is 0.269 e. The lowest BCUT2D eigenvalue weighted by Gasteiger charge is -2.01. The monoisotopic (exact) mass is 335 g/mol. The van der Waals surface area contributed by atoms with Crippen molar-refractivity contribution in [3.8, 4) is 0 Å². The lowest BCUT2D eigenvalue weighted by molar-refractivity contribution is -0.384. The van der Waals surface area contributed by atoms with Crippen LogP contribution in [0.1, 0.15) is 11.1 Å². The second-order valence-corrected chi connectivity index (χ2v) is 4.94. The van der Waals surface area contributed by atoms with E-state index in [2.05, 4.69) is 10.5 Å². The van der Waals surface area contributed by atoms with E-state index >= 15 is 0 Å². The summed E-state index contributed by atoms with van der Waals surface area (Å²) in [6.45, 7) is 0. The number of hydrogen-bond acceptors (Lipinski definition) is 4. The topological polar surface area (TPSA) is 84.6 Å². The lowest BCUT2D eigenvalue weighted by atomic mass is 10.1. The first-order valence-corrected chi connectivity index (χ1v) is 6.84. The largest absolute Gasteiger partial charge is 0.273 e. The average molecular weight is 336 g/mol. The molecule has 0 aromatic heterocycles. The molecule has 0 bridgehead atoms. The maximum absolute atomic E-state index is 13.5. The molecule has 6 nitrogen and oxygen atoms in total. The fraction of sp³-hybridized carbons (Fsp3) is 0.0667. The Morgan fingerprint density at radius 1 is 1.30 bits per heavy atom. The lowest BCUT2D eigenvalue weighted by Crippen LogP contribution is -2.19. The molecule has 0 aliphatic carbocycles. The molecule has 2 aromatic carbocycles. The van der Waals surface area contributed by atoms with E-state index in [4.69, 9.17) is 11.6 Å². The Morgan fingerprint density at radius 3 is 2.61 bits per heavy atom. The van der Waals surface area contributed by atoms with E-state index < -0.39 is 16.6 Å². The van der Waals surface area contributed by atoms with Crippen LogP contribution >= 0.6 is 11.6 Å². The standard InChI is InChI=1S/C15H11ClFN3O3/c16-13-2-1-3-14(17)12(13)9-18-19-15(21)8-10-4-6-11(7-5-10)20(22)23/h1-7,9H,8H2,(H,19,21). The highest BCUT2D eigenvalue weighted by Crippen LogP contribution is 2.16. The third-order valence-electron chi connectivity index (χ3n) is 2.89. The van der Waals surface area contributed by atoms with Crippen molar-refractivity contribution < 1.29 is 14.1 Å². The van der Waals surface area contributed by atoms with Crippen LogP contribution in [0.2, 0.25) is 5.02 Å². The predicted octanol–water partition coefficient (Wildman–Crippen LogP) is 3.08. The minimum Gasteiger partial charge on any atom is -0.273 e. The molecule has 23 heavy (non-hydrogen) atoms. The van der Waals surface area contributed by atoms with Crippen molar-refractivity contribution in [1.82, 2.24) is 5.43 Å². The second kappa shape index (κ2) is 7.46. The highest BCUT2D eigenvalue weighted by atomic mass is 35.5. The number of benzene rings is 2. The zero-order valence-electron chi connectivity index (χ0n) is 11.7. The van der Waals surface area contributed by atoms with Gasteiger partial charge in [-0.15, -0.1) is 0 Å². The number of carbonyl (C=O) groups excluding carboxylic acids is 1. The summed E-state index contributed by atoms with van der Waals surface area (Å²) in [5.41, 5.74) is 2.85. The van der Waals surface area contributed by atoms with E-state index in [1.54, 1.807) is 0 Å². The van der Waals surface area contributed by atoms with Crippen LogP contribution in [-0.4, -0.2) is 17.0 Å².